The minimum atomic E-state index is -2.57. The van der Waals surface area contributed by atoms with Gasteiger partial charge >= 0.3 is 616 Å². The van der Waals surface area contributed by atoms with Crippen LogP contribution in [0.4, 0.5) is 0 Å². The molecule has 0 aliphatic rings. The molecule has 6 rings (SSSR count). The monoisotopic (exact) mass is 1550 g/mol. The van der Waals surface area contributed by atoms with Gasteiger partial charge in [-0.25, -0.2) is 0 Å². The third-order valence-corrected chi connectivity index (χ3v) is 60.0. The van der Waals surface area contributed by atoms with Crippen LogP contribution >= 0.6 is 8.41 Å². The van der Waals surface area contributed by atoms with E-state index >= 15 is 0 Å². The Bertz CT molecular complexity index is 2970. The molecule has 0 aromatic heterocycles. The zero-order valence-corrected chi connectivity index (χ0v) is 76.9. The summed E-state index contributed by atoms with van der Waals surface area (Å²) in [5, 5.41) is 0. The van der Waals surface area contributed by atoms with Gasteiger partial charge < -0.3 is 0 Å². The van der Waals surface area contributed by atoms with Crippen LogP contribution in [0.3, 0.4) is 0 Å². The molecule has 0 bridgehead atoms. The van der Waals surface area contributed by atoms with Crippen LogP contribution in [0.5, 0.6) is 0 Å². The molecule has 0 heterocycles. The summed E-state index contributed by atoms with van der Waals surface area (Å²) in [4.78, 5) is 0. The molecule has 0 atom stereocenters. The third-order valence-electron chi connectivity index (χ3n) is 20.2. The van der Waals surface area contributed by atoms with Crippen molar-refractivity contribution in [1.82, 2.24) is 0 Å². The maximum absolute atomic E-state index is 2.68. The molecule has 0 saturated carbocycles. The molecule has 0 nitrogen and oxygen atoms in total. The Balaban J connectivity index is 0.000000427. The average molecular weight is 1540 g/mol. The molecule has 0 fully saturated rings. The van der Waals surface area contributed by atoms with E-state index in [2.05, 4.69) is 330 Å². The number of hydrogen-bond donors (Lipinski definition) is 0. The van der Waals surface area contributed by atoms with E-state index in [1.807, 2.05) is 0 Å². The second-order valence-corrected chi connectivity index (χ2v) is 62.2. The van der Waals surface area contributed by atoms with Crippen molar-refractivity contribution in [2.45, 2.75) is 356 Å². The van der Waals surface area contributed by atoms with Crippen LogP contribution in [-0.2, 0) is 0 Å². The Morgan fingerprint density at radius 3 is 0.400 bits per heavy atom. The van der Waals surface area contributed by atoms with E-state index in [1.54, 1.807) is 93.1 Å². The van der Waals surface area contributed by atoms with Crippen molar-refractivity contribution in [3.05, 3.63) is 173 Å². The summed E-state index contributed by atoms with van der Waals surface area (Å²) in [6.45, 7) is 87.7. The van der Waals surface area contributed by atoms with Gasteiger partial charge in [0.15, 0.2) is 0 Å². The Hall–Kier alpha value is -2.16. The summed E-state index contributed by atoms with van der Waals surface area (Å²) in [6.07, 6.45) is 0. The van der Waals surface area contributed by atoms with Crippen LogP contribution in [0.1, 0.15) is 456 Å². The molecule has 0 N–H and O–H groups in total. The fourth-order valence-electron chi connectivity index (χ4n) is 13.8. The van der Waals surface area contributed by atoms with E-state index in [0.717, 1.165) is 0 Å². The molecule has 0 aliphatic carbocycles. The van der Waals surface area contributed by atoms with Crippen molar-refractivity contribution < 1.29 is 0 Å². The number of benzene rings is 6. The minimum absolute atomic E-state index is 0.150. The van der Waals surface area contributed by atoms with Gasteiger partial charge in [-0.15, -0.1) is 0 Å². The summed E-state index contributed by atoms with van der Waals surface area (Å²) < 4.78 is 10.7. The Morgan fingerprint density at radius 2 is 0.295 bits per heavy atom. The van der Waals surface area contributed by atoms with Crippen LogP contribution < -0.4 is 26.4 Å². The molecule has 520 valence electrons. The number of rotatable bonds is 26. The van der Waals surface area contributed by atoms with Crippen molar-refractivity contribution in [3.63, 3.8) is 0 Å². The summed E-state index contributed by atoms with van der Waals surface area (Å²) in [5.74, 6) is 9.07. The summed E-state index contributed by atoms with van der Waals surface area (Å²) in [6, 6.07) is 31.7. The van der Waals surface area contributed by atoms with Gasteiger partial charge in [0.2, 0.25) is 0 Å². The first-order valence-corrected chi connectivity index (χ1v) is 56.8. The Kier molecular flexibility index (Phi) is 31.8. The van der Waals surface area contributed by atoms with Gasteiger partial charge in [0.05, 0.1) is 0 Å². The zero-order valence-electron chi connectivity index (χ0n) is 67.7. The van der Waals surface area contributed by atoms with E-state index in [4.69, 9.17) is 0 Å². The molecular weight excluding hydrogens is 1400 g/mol. The molecule has 0 unspecified atom stereocenters. The molecule has 0 spiro atoms. The molecule has 0 amide bonds. The van der Waals surface area contributed by atoms with Gasteiger partial charge in [-0.2, -0.15) is 0 Å². The Morgan fingerprint density at radius 1 is 0.179 bits per heavy atom. The maximum atomic E-state index is 2.68. The first kappa shape index (κ1) is 83.5. The van der Waals surface area contributed by atoms with Crippen molar-refractivity contribution in [2.24, 2.45) is 0 Å². The zero-order chi connectivity index (χ0) is 72.0. The molecule has 95 heavy (non-hydrogen) atoms. The first-order valence-electron chi connectivity index (χ1n) is 38.1. The average Bonchev–Trinajstić information content (AvgIpc) is 0.739. The van der Waals surface area contributed by atoms with Crippen LogP contribution in [0.25, 0.3) is 0 Å². The van der Waals surface area contributed by atoms with E-state index in [1.165, 1.54) is 33.4 Å². The molecule has 0 saturated heterocycles. The SMILES string of the molecule is CC(C)c1cc(C(C)C)[c]([Ge]([S][Ge]([c]2c(C(C)C)cc(C(C)C)cc2C(C)C)[c]2c(C(C)C)cc(C(C)C)cc2C(C)C)[c]2c(C(C)C)cc(C(C)C)cc2C(C)C)c(C(C)C)c1.CC(C)c1cc(C(C)C)[c]([Ge]=[Ge][c]2c(C(C)C)cc(C(C)C)cc2C(C)C)c(C(C)C)c1. The quantitative estimate of drug-likeness (QED) is 0.0488. The predicted octanol–water partition coefficient (Wildman–Crippen LogP) is 24.5. The fraction of sp³-hybridized carbons (Fsp3) is 0.600. The van der Waals surface area contributed by atoms with Gasteiger partial charge in [-0.1, -0.05) is 0 Å². The van der Waals surface area contributed by atoms with Crippen LogP contribution in [-0.4, -0.2) is 52.3 Å². The van der Waals surface area contributed by atoms with E-state index in [0.29, 0.717) is 107 Å². The summed E-state index contributed by atoms with van der Waals surface area (Å²) in [7, 11) is 2.65. The van der Waals surface area contributed by atoms with Crippen molar-refractivity contribution in [1.29, 1.82) is 0 Å². The first-order chi connectivity index (χ1) is 44.0. The van der Waals surface area contributed by atoms with Gasteiger partial charge in [-0.3, -0.25) is 0 Å². The van der Waals surface area contributed by atoms with Crippen molar-refractivity contribution >= 4 is 87.0 Å². The summed E-state index contributed by atoms with van der Waals surface area (Å²) >= 11 is -5.45. The molecule has 6 aromatic rings. The van der Waals surface area contributed by atoms with Gasteiger partial charge in [0, 0.05) is 0 Å². The van der Waals surface area contributed by atoms with E-state index < -0.39 is 26.4 Å². The summed E-state index contributed by atoms with van der Waals surface area (Å²) in [5.41, 5.74) is 28.8. The van der Waals surface area contributed by atoms with E-state index in [-0.39, 0.29) is 25.8 Å². The molecule has 4 radical (unpaired) electrons. The van der Waals surface area contributed by atoms with Gasteiger partial charge in [-0.05, 0) is 0 Å². The molecule has 0 aliphatic heterocycles. The normalized spacial score (nSPS) is 12.8. The van der Waals surface area contributed by atoms with Crippen LogP contribution in [0, 0.1) is 0 Å². The van der Waals surface area contributed by atoms with Crippen molar-refractivity contribution in [3.8, 4) is 0 Å². The van der Waals surface area contributed by atoms with Crippen LogP contribution in [0.15, 0.2) is 72.8 Å². The van der Waals surface area contributed by atoms with Crippen molar-refractivity contribution in [2.75, 3.05) is 0 Å². The molecule has 5 heteroatoms. The second-order valence-electron chi connectivity index (χ2n) is 34.2. The van der Waals surface area contributed by atoms with Gasteiger partial charge in [0.1, 0.15) is 0 Å². The Labute approximate surface area is 610 Å². The molecular formula is C90H138Ge4S. The number of hydrogen-bond acceptors (Lipinski definition) is 1. The predicted molar refractivity (Wildman–Crippen MR) is 441 cm³/mol. The van der Waals surface area contributed by atoms with E-state index in [9.17, 15) is 0 Å². The standard InChI is InChI=1S/C60H92Ge2S.C30H46Ge2/c1-33(2)45-25-49(37(9)10)57(50(26-45)38(11)12)61(58-51(39(13)14)27-46(34(3)4)28-52(58)40(15)16)63-62(59-53(41(17)18)29-47(35(5)6)30-54(59)42(19)20)60-55(43(21)22)31-48(36(7)8)32-56(60)44(23)24;1-17(2)23-13-25(19(5)6)29(26(14-23)20(7)8)31-32-30-27(21(9)10)15-24(18(3)4)16-28(30)22(11)12/h25-44H,1-24H3;13-22H,1-12H3. The van der Waals surface area contributed by atoms with Crippen LogP contribution in [0.2, 0.25) is 0 Å². The fourth-order valence-corrected chi connectivity index (χ4v) is 68.4. The topological polar surface area (TPSA) is 0 Å². The molecule has 6 aromatic carbocycles. The third kappa shape index (κ3) is 20.4. The second kappa shape index (κ2) is 36.1. The van der Waals surface area contributed by atoms with Gasteiger partial charge in [0.25, 0.3) is 0 Å².